The topological polar surface area (TPSA) is 0 Å². The van der Waals surface area contributed by atoms with Gasteiger partial charge in [0.15, 0.2) is 0 Å². The van der Waals surface area contributed by atoms with Crippen LogP contribution in [0.4, 0.5) is 0 Å². The second kappa shape index (κ2) is 4.97. The molecule has 1 rings (SSSR count). The largest absolute Gasteiger partial charge is 0.0836 e. The first kappa shape index (κ1) is 11.8. The number of alkyl halides is 1. The molecule has 14 heavy (non-hydrogen) atoms. The van der Waals surface area contributed by atoms with Gasteiger partial charge in [-0.1, -0.05) is 66.5 Å². The highest BCUT2D eigenvalue weighted by molar-refractivity contribution is 9.09. The Labute approximate surface area is 95.9 Å². The molecule has 0 aliphatic rings. The summed E-state index contributed by atoms with van der Waals surface area (Å²) in [5.41, 5.74) is 2.71. The van der Waals surface area contributed by atoms with E-state index >= 15 is 0 Å². The van der Waals surface area contributed by atoms with Gasteiger partial charge in [0, 0.05) is 4.83 Å². The van der Waals surface area contributed by atoms with Crippen molar-refractivity contribution >= 4 is 15.9 Å². The van der Waals surface area contributed by atoms with Gasteiger partial charge < -0.3 is 0 Å². The number of halogens is 1. The predicted molar refractivity (Wildman–Crippen MR) is 66.8 cm³/mol. The zero-order chi connectivity index (χ0) is 10.7. The smallest absolute Gasteiger partial charge is 0.0423 e. The van der Waals surface area contributed by atoms with Gasteiger partial charge in [-0.2, -0.15) is 0 Å². The van der Waals surface area contributed by atoms with E-state index in [-0.39, 0.29) is 0 Å². The van der Waals surface area contributed by atoms with E-state index in [4.69, 9.17) is 0 Å². The Morgan fingerprint density at radius 2 is 1.50 bits per heavy atom. The van der Waals surface area contributed by atoms with Crippen molar-refractivity contribution in [1.82, 2.24) is 0 Å². The van der Waals surface area contributed by atoms with Crippen molar-refractivity contribution in [2.24, 2.45) is 11.8 Å². The number of rotatable bonds is 3. The van der Waals surface area contributed by atoms with E-state index in [0.29, 0.717) is 16.7 Å². The highest BCUT2D eigenvalue weighted by atomic mass is 79.9. The Balaban J connectivity index is 2.78. The van der Waals surface area contributed by atoms with Gasteiger partial charge in [-0.25, -0.2) is 0 Å². The summed E-state index contributed by atoms with van der Waals surface area (Å²) in [5, 5.41) is 0. The SMILES string of the molecule is Cc1ccc(C(Br)C(C)C(C)C)cc1. The third-order valence-electron chi connectivity index (χ3n) is 2.91. The Bertz CT molecular complexity index is 274. The van der Waals surface area contributed by atoms with Crippen LogP contribution in [0.2, 0.25) is 0 Å². The molecule has 2 unspecified atom stereocenters. The summed E-state index contributed by atoms with van der Waals surface area (Å²) < 4.78 is 0. The molecule has 0 saturated carbocycles. The number of hydrogen-bond acceptors (Lipinski definition) is 0. The molecule has 0 aliphatic heterocycles. The summed E-state index contributed by atoms with van der Waals surface area (Å²) in [4.78, 5) is 0.475. The number of hydrogen-bond donors (Lipinski definition) is 0. The first-order valence-corrected chi connectivity index (χ1v) is 6.14. The molecule has 1 aromatic carbocycles. The molecule has 1 heteroatoms. The van der Waals surface area contributed by atoms with E-state index in [1.807, 2.05) is 0 Å². The van der Waals surface area contributed by atoms with Crippen LogP contribution in [0, 0.1) is 18.8 Å². The van der Waals surface area contributed by atoms with Crippen LogP contribution in [0.25, 0.3) is 0 Å². The Hall–Kier alpha value is -0.300. The van der Waals surface area contributed by atoms with Crippen molar-refractivity contribution in [3.63, 3.8) is 0 Å². The minimum absolute atomic E-state index is 0.475. The average Bonchev–Trinajstić information content (AvgIpc) is 2.16. The molecule has 0 nitrogen and oxygen atoms in total. The maximum Gasteiger partial charge on any atom is 0.0423 e. The van der Waals surface area contributed by atoms with Crippen LogP contribution in [-0.4, -0.2) is 0 Å². The maximum absolute atomic E-state index is 3.78. The first-order chi connectivity index (χ1) is 6.52. The lowest BCUT2D eigenvalue weighted by Gasteiger charge is -2.22. The summed E-state index contributed by atoms with van der Waals surface area (Å²) in [7, 11) is 0. The number of benzene rings is 1. The fourth-order valence-electron chi connectivity index (χ4n) is 1.39. The van der Waals surface area contributed by atoms with Crippen LogP contribution < -0.4 is 0 Å². The van der Waals surface area contributed by atoms with Gasteiger partial charge in [-0.05, 0) is 24.3 Å². The van der Waals surface area contributed by atoms with Crippen LogP contribution in [0.15, 0.2) is 24.3 Å². The summed E-state index contributed by atoms with van der Waals surface area (Å²) in [6.45, 7) is 8.96. The van der Waals surface area contributed by atoms with E-state index in [0.717, 1.165) is 0 Å². The Kier molecular flexibility index (Phi) is 4.18. The van der Waals surface area contributed by atoms with E-state index in [1.54, 1.807) is 0 Å². The van der Waals surface area contributed by atoms with Crippen molar-refractivity contribution in [2.75, 3.05) is 0 Å². The van der Waals surface area contributed by atoms with Crippen LogP contribution in [0.1, 0.15) is 36.7 Å². The standard InChI is InChI=1S/C13H19Br/c1-9(2)11(4)13(14)12-7-5-10(3)6-8-12/h5-9,11,13H,1-4H3. The van der Waals surface area contributed by atoms with Gasteiger partial charge in [0.2, 0.25) is 0 Å². The van der Waals surface area contributed by atoms with Crippen LogP contribution in [0.3, 0.4) is 0 Å². The lowest BCUT2D eigenvalue weighted by Crippen LogP contribution is -2.10. The summed E-state index contributed by atoms with van der Waals surface area (Å²) >= 11 is 3.78. The molecular weight excluding hydrogens is 236 g/mol. The highest BCUT2D eigenvalue weighted by Crippen LogP contribution is 2.35. The Morgan fingerprint density at radius 1 is 1.00 bits per heavy atom. The van der Waals surface area contributed by atoms with E-state index in [9.17, 15) is 0 Å². The van der Waals surface area contributed by atoms with Gasteiger partial charge in [0.25, 0.3) is 0 Å². The van der Waals surface area contributed by atoms with Crippen LogP contribution >= 0.6 is 15.9 Å². The zero-order valence-corrected chi connectivity index (χ0v) is 11.0. The summed E-state index contributed by atoms with van der Waals surface area (Å²) in [6.07, 6.45) is 0. The summed E-state index contributed by atoms with van der Waals surface area (Å²) in [5.74, 6) is 1.37. The maximum atomic E-state index is 3.78. The second-order valence-corrected chi connectivity index (χ2v) is 5.40. The Morgan fingerprint density at radius 3 is 1.93 bits per heavy atom. The van der Waals surface area contributed by atoms with E-state index in [2.05, 4.69) is 67.9 Å². The number of aryl methyl sites for hydroxylation is 1. The van der Waals surface area contributed by atoms with Crippen molar-refractivity contribution in [1.29, 1.82) is 0 Å². The van der Waals surface area contributed by atoms with Gasteiger partial charge in [-0.15, -0.1) is 0 Å². The van der Waals surface area contributed by atoms with Gasteiger partial charge in [-0.3, -0.25) is 0 Å². The van der Waals surface area contributed by atoms with Gasteiger partial charge in [0.1, 0.15) is 0 Å². The molecule has 0 heterocycles. The fraction of sp³-hybridized carbons (Fsp3) is 0.538. The zero-order valence-electron chi connectivity index (χ0n) is 9.42. The molecule has 0 amide bonds. The molecule has 0 aromatic heterocycles. The molecule has 0 N–H and O–H groups in total. The fourth-order valence-corrected chi connectivity index (χ4v) is 2.31. The lowest BCUT2D eigenvalue weighted by atomic mass is 9.91. The molecule has 0 spiro atoms. The average molecular weight is 255 g/mol. The molecule has 0 aliphatic carbocycles. The first-order valence-electron chi connectivity index (χ1n) is 5.23. The quantitative estimate of drug-likeness (QED) is 0.685. The molecule has 1 aromatic rings. The third kappa shape index (κ3) is 2.84. The van der Waals surface area contributed by atoms with Gasteiger partial charge in [0.05, 0.1) is 0 Å². The highest BCUT2D eigenvalue weighted by Gasteiger charge is 2.18. The monoisotopic (exact) mass is 254 g/mol. The van der Waals surface area contributed by atoms with Crippen LogP contribution in [0.5, 0.6) is 0 Å². The minimum Gasteiger partial charge on any atom is -0.0836 e. The molecule has 0 fully saturated rings. The second-order valence-electron chi connectivity index (χ2n) is 4.42. The van der Waals surface area contributed by atoms with Crippen molar-refractivity contribution in [3.8, 4) is 0 Å². The van der Waals surface area contributed by atoms with Gasteiger partial charge >= 0.3 is 0 Å². The molecule has 0 bridgehead atoms. The van der Waals surface area contributed by atoms with E-state index < -0.39 is 0 Å². The molecule has 0 saturated heterocycles. The van der Waals surface area contributed by atoms with Crippen molar-refractivity contribution < 1.29 is 0 Å². The molecule has 0 radical (unpaired) electrons. The normalized spacial score (nSPS) is 15.6. The minimum atomic E-state index is 0.475. The third-order valence-corrected chi connectivity index (χ3v) is 4.27. The predicted octanol–water partition coefficient (Wildman–Crippen LogP) is 4.72. The molecule has 2 atom stereocenters. The van der Waals surface area contributed by atoms with Crippen molar-refractivity contribution in [2.45, 2.75) is 32.5 Å². The van der Waals surface area contributed by atoms with Crippen molar-refractivity contribution in [3.05, 3.63) is 35.4 Å². The molecule has 78 valence electrons. The van der Waals surface area contributed by atoms with E-state index in [1.165, 1.54) is 11.1 Å². The molecular formula is C13H19Br. The summed E-state index contributed by atoms with van der Waals surface area (Å²) in [6, 6.07) is 8.79. The lowest BCUT2D eigenvalue weighted by molar-refractivity contribution is 0.414. The van der Waals surface area contributed by atoms with Crippen LogP contribution in [-0.2, 0) is 0 Å².